The number of nitrogens with zero attached hydrogens (tertiary/aromatic N) is 1. The van der Waals surface area contributed by atoms with Crippen molar-refractivity contribution in [3.63, 3.8) is 0 Å². The number of ketones is 1. The Balaban J connectivity index is 1.54. The highest BCUT2D eigenvalue weighted by Gasteiger charge is 2.31. The van der Waals surface area contributed by atoms with Crippen LogP contribution in [0.2, 0.25) is 0 Å². The Hall–Kier alpha value is -1.73. The zero-order valence-electron chi connectivity index (χ0n) is 13.7. The quantitative estimate of drug-likeness (QED) is 0.822. The predicted molar refractivity (Wildman–Crippen MR) is 91.3 cm³/mol. The van der Waals surface area contributed by atoms with Crippen molar-refractivity contribution in [2.45, 2.75) is 25.7 Å². The molecule has 0 unspecified atom stereocenters. The molecule has 7 heteroatoms. The van der Waals surface area contributed by atoms with E-state index in [1.807, 2.05) is 0 Å². The SMILES string of the molecule is CS(=O)(=O)N1CCC(C(=O)Nc2ccc(C(=O)C3CC3)cc2)CC1. The summed E-state index contributed by atoms with van der Waals surface area (Å²) in [6.45, 7) is 0.761. The lowest BCUT2D eigenvalue weighted by Gasteiger charge is -2.29. The number of amides is 1. The fourth-order valence-electron chi connectivity index (χ4n) is 2.99. The zero-order valence-corrected chi connectivity index (χ0v) is 14.5. The van der Waals surface area contributed by atoms with Gasteiger partial charge in [0.1, 0.15) is 0 Å². The van der Waals surface area contributed by atoms with Crippen LogP contribution in [0.1, 0.15) is 36.0 Å². The van der Waals surface area contributed by atoms with Crippen LogP contribution < -0.4 is 5.32 Å². The number of nitrogens with one attached hydrogen (secondary N) is 1. The summed E-state index contributed by atoms with van der Waals surface area (Å²) in [6, 6.07) is 7.00. The van der Waals surface area contributed by atoms with Crippen molar-refractivity contribution in [3.05, 3.63) is 29.8 Å². The summed E-state index contributed by atoms with van der Waals surface area (Å²) >= 11 is 0. The molecule has 2 fully saturated rings. The van der Waals surface area contributed by atoms with E-state index in [0.717, 1.165) is 12.8 Å². The van der Waals surface area contributed by atoms with Gasteiger partial charge < -0.3 is 5.32 Å². The van der Waals surface area contributed by atoms with Gasteiger partial charge in [-0.15, -0.1) is 0 Å². The van der Waals surface area contributed by atoms with E-state index in [1.165, 1.54) is 10.6 Å². The lowest BCUT2D eigenvalue weighted by atomic mass is 9.97. The number of hydrogen-bond acceptors (Lipinski definition) is 4. The summed E-state index contributed by atoms with van der Waals surface area (Å²) in [6.07, 6.45) is 4.19. The maximum Gasteiger partial charge on any atom is 0.227 e. The van der Waals surface area contributed by atoms with E-state index in [-0.39, 0.29) is 23.5 Å². The molecule has 2 aliphatic rings. The van der Waals surface area contributed by atoms with Crippen LogP contribution in [0, 0.1) is 11.8 Å². The molecule has 6 nitrogen and oxygen atoms in total. The number of piperidine rings is 1. The molecule has 3 rings (SSSR count). The van der Waals surface area contributed by atoms with Crippen molar-refractivity contribution < 1.29 is 18.0 Å². The fourth-order valence-corrected chi connectivity index (χ4v) is 3.87. The Bertz CT molecular complexity index is 730. The van der Waals surface area contributed by atoms with Gasteiger partial charge in [-0.25, -0.2) is 12.7 Å². The average Bonchev–Trinajstić information content (AvgIpc) is 3.39. The Morgan fingerprint density at radius 3 is 2.08 bits per heavy atom. The number of sulfonamides is 1. The molecule has 1 aromatic carbocycles. The molecular formula is C17H22N2O4S. The molecule has 1 aliphatic heterocycles. The third kappa shape index (κ3) is 4.02. The topological polar surface area (TPSA) is 83.6 Å². The maximum atomic E-state index is 12.3. The fraction of sp³-hybridized carbons (Fsp3) is 0.529. The minimum absolute atomic E-state index is 0.0931. The summed E-state index contributed by atoms with van der Waals surface area (Å²) in [5.74, 6) is 0.0895. The van der Waals surface area contributed by atoms with E-state index in [1.54, 1.807) is 24.3 Å². The Kier molecular flexibility index (Phi) is 4.73. The molecule has 1 amide bonds. The summed E-state index contributed by atoms with van der Waals surface area (Å²) in [7, 11) is -3.18. The van der Waals surface area contributed by atoms with Crippen LogP contribution in [0.3, 0.4) is 0 Å². The van der Waals surface area contributed by atoms with Crippen LogP contribution in [0.15, 0.2) is 24.3 Å². The molecule has 1 aromatic rings. The van der Waals surface area contributed by atoms with E-state index in [0.29, 0.717) is 37.2 Å². The summed E-state index contributed by atoms with van der Waals surface area (Å²) < 4.78 is 24.4. The predicted octanol–water partition coefficient (Wildman–Crippen LogP) is 1.89. The zero-order chi connectivity index (χ0) is 17.3. The van der Waals surface area contributed by atoms with Crippen molar-refractivity contribution in [1.82, 2.24) is 4.31 Å². The van der Waals surface area contributed by atoms with Crippen molar-refractivity contribution in [3.8, 4) is 0 Å². The standard InChI is InChI=1S/C17H22N2O4S/c1-24(22,23)19-10-8-14(9-11-19)17(21)18-15-6-4-13(5-7-15)16(20)12-2-3-12/h4-7,12,14H,2-3,8-11H2,1H3,(H,18,21). The second kappa shape index (κ2) is 6.64. The van der Waals surface area contributed by atoms with Crippen molar-refractivity contribution >= 4 is 27.4 Å². The van der Waals surface area contributed by atoms with E-state index in [2.05, 4.69) is 5.32 Å². The highest BCUT2D eigenvalue weighted by Crippen LogP contribution is 2.32. The molecule has 1 saturated carbocycles. The number of rotatable bonds is 5. The van der Waals surface area contributed by atoms with Crippen molar-refractivity contribution in [1.29, 1.82) is 0 Å². The second-order valence-electron chi connectivity index (χ2n) is 6.64. The third-order valence-corrected chi connectivity index (χ3v) is 5.98. The number of carbonyl (C=O) groups excluding carboxylic acids is 2. The molecular weight excluding hydrogens is 328 g/mol. The minimum Gasteiger partial charge on any atom is -0.326 e. The monoisotopic (exact) mass is 350 g/mol. The largest absolute Gasteiger partial charge is 0.326 e. The molecule has 0 spiro atoms. The van der Waals surface area contributed by atoms with Crippen molar-refractivity contribution in [2.24, 2.45) is 11.8 Å². The number of carbonyl (C=O) groups is 2. The molecule has 0 radical (unpaired) electrons. The molecule has 1 saturated heterocycles. The molecule has 0 bridgehead atoms. The van der Waals surface area contributed by atoms with Gasteiger partial charge in [0.15, 0.2) is 5.78 Å². The lowest BCUT2D eigenvalue weighted by Crippen LogP contribution is -2.40. The smallest absolute Gasteiger partial charge is 0.227 e. The van der Waals surface area contributed by atoms with Crippen LogP contribution in [0.4, 0.5) is 5.69 Å². The van der Waals surface area contributed by atoms with E-state index in [9.17, 15) is 18.0 Å². The number of anilines is 1. The molecule has 0 atom stereocenters. The van der Waals surface area contributed by atoms with Crippen molar-refractivity contribution in [2.75, 3.05) is 24.7 Å². The van der Waals surface area contributed by atoms with Gasteiger partial charge in [0.2, 0.25) is 15.9 Å². The van der Waals surface area contributed by atoms with Gasteiger partial charge in [-0.1, -0.05) is 0 Å². The summed E-state index contributed by atoms with van der Waals surface area (Å²) in [5.41, 5.74) is 1.36. The first-order chi connectivity index (χ1) is 11.3. The molecule has 130 valence electrons. The number of benzene rings is 1. The highest BCUT2D eigenvalue weighted by molar-refractivity contribution is 7.88. The van der Waals surface area contributed by atoms with Gasteiger partial charge in [-0.2, -0.15) is 0 Å². The number of Topliss-reactive ketones (excluding diaryl/α,β-unsaturated/α-hetero) is 1. The van der Waals surface area contributed by atoms with Gasteiger partial charge in [0.25, 0.3) is 0 Å². The van der Waals surface area contributed by atoms with E-state index < -0.39 is 10.0 Å². The van der Waals surface area contributed by atoms with Crippen LogP contribution in [0.25, 0.3) is 0 Å². The molecule has 1 aliphatic carbocycles. The van der Waals surface area contributed by atoms with Gasteiger partial charge in [-0.05, 0) is 49.9 Å². The average molecular weight is 350 g/mol. The first kappa shape index (κ1) is 17.1. The van der Waals surface area contributed by atoms with Crippen LogP contribution >= 0.6 is 0 Å². The van der Waals surface area contributed by atoms with E-state index in [4.69, 9.17) is 0 Å². The number of hydrogen-bond donors (Lipinski definition) is 1. The Morgan fingerprint density at radius 1 is 1.00 bits per heavy atom. The van der Waals surface area contributed by atoms with Gasteiger partial charge >= 0.3 is 0 Å². The lowest BCUT2D eigenvalue weighted by molar-refractivity contribution is -0.120. The summed E-state index contributed by atoms with van der Waals surface area (Å²) in [4.78, 5) is 24.3. The van der Waals surface area contributed by atoms with E-state index >= 15 is 0 Å². The molecule has 1 heterocycles. The Labute approximate surface area is 142 Å². The second-order valence-corrected chi connectivity index (χ2v) is 8.62. The van der Waals surface area contributed by atoms with Crippen LogP contribution in [-0.2, 0) is 14.8 Å². The molecule has 0 aromatic heterocycles. The first-order valence-corrected chi connectivity index (χ1v) is 10.1. The van der Waals surface area contributed by atoms with Crippen LogP contribution in [0.5, 0.6) is 0 Å². The van der Waals surface area contributed by atoms with Crippen LogP contribution in [-0.4, -0.2) is 43.8 Å². The highest BCUT2D eigenvalue weighted by atomic mass is 32.2. The molecule has 1 N–H and O–H groups in total. The Morgan fingerprint density at radius 2 is 1.58 bits per heavy atom. The van der Waals surface area contributed by atoms with Gasteiger partial charge in [0, 0.05) is 36.2 Å². The van der Waals surface area contributed by atoms with Gasteiger partial charge in [-0.3, -0.25) is 9.59 Å². The summed E-state index contributed by atoms with van der Waals surface area (Å²) in [5, 5.41) is 2.86. The normalized spacial score (nSPS) is 19.9. The molecule has 24 heavy (non-hydrogen) atoms. The minimum atomic E-state index is -3.18. The van der Waals surface area contributed by atoms with Gasteiger partial charge in [0.05, 0.1) is 6.26 Å². The maximum absolute atomic E-state index is 12.3. The third-order valence-electron chi connectivity index (χ3n) is 4.68. The first-order valence-electron chi connectivity index (χ1n) is 8.25.